The molecule has 0 amide bonds. The Bertz CT molecular complexity index is 189. The predicted octanol–water partition coefficient (Wildman–Crippen LogP) is -1.75. The van der Waals surface area contributed by atoms with Crippen LogP contribution in [0.3, 0.4) is 0 Å². The number of hydrogen-bond acceptors (Lipinski definition) is 5. The third kappa shape index (κ3) is 25.3. The zero-order valence-corrected chi connectivity index (χ0v) is 16.7. The Morgan fingerprint density at radius 1 is 0.857 bits per heavy atom. The van der Waals surface area contributed by atoms with E-state index in [0.717, 1.165) is 0 Å². The Morgan fingerprint density at radius 2 is 1.07 bits per heavy atom. The summed E-state index contributed by atoms with van der Waals surface area (Å²) in [6.45, 7) is 0. The van der Waals surface area contributed by atoms with Crippen molar-refractivity contribution in [2.75, 3.05) is 0 Å². The molecule has 0 bridgehead atoms. The minimum Gasteiger partial charge on any atom is -1.00 e. The molecule has 0 saturated carbocycles. The summed E-state index contributed by atoms with van der Waals surface area (Å²) in [6.07, 6.45) is 0. The fourth-order valence-corrected chi connectivity index (χ4v) is 1.16. The molecule has 2 N–H and O–H groups in total. The van der Waals surface area contributed by atoms with Crippen LogP contribution < -0.4 is 0 Å². The van der Waals surface area contributed by atoms with Gasteiger partial charge in [-0.1, -0.05) is 0 Å². The van der Waals surface area contributed by atoms with Gasteiger partial charge in [0.2, 0.25) is 0 Å². The third-order valence-electron chi connectivity index (χ3n) is 0.228. The quantitative estimate of drug-likeness (QED) is 0.458. The molecule has 0 fully saturated rings. The molecule has 0 aliphatic rings. The van der Waals surface area contributed by atoms with E-state index in [1.807, 2.05) is 0 Å². The second-order valence-corrected chi connectivity index (χ2v) is 3.14. The molecule has 0 aliphatic heterocycles. The second kappa shape index (κ2) is 19.7. The maximum atomic E-state index is 10.0. The molecule has 0 saturated heterocycles. The van der Waals surface area contributed by atoms with E-state index in [-0.39, 0.29) is 133 Å². The van der Waals surface area contributed by atoms with E-state index in [4.69, 9.17) is 9.11 Å². The summed E-state index contributed by atoms with van der Waals surface area (Å²) in [5.74, 6) is 0. The molecule has 0 aliphatic carbocycles. The fraction of sp³-hybridized carbons (Fsp3) is 0. The van der Waals surface area contributed by atoms with Gasteiger partial charge in [-0.05, 0) is 0 Å². The molecule has 7 nitrogen and oxygen atoms in total. The molecule has 0 heterocycles. The van der Waals surface area contributed by atoms with E-state index < -0.39 is 34.1 Å². The SMILES string of the molecule is O=S(O)OS(=O)OS(=O)O.[Ca+2].[Ca+2].[H-].[H-].[H-].[H-].[H-].[H-].[H-].[H-].[Mg+2].[Mg+2]. The third-order valence-corrected chi connectivity index (χ3v) is 2.05. The van der Waals surface area contributed by atoms with Crippen molar-refractivity contribution >= 4 is 156 Å². The van der Waals surface area contributed by atoms with Crippen LogP contribution in [0.4, 0.5) is 0 Å². The van der Waals surface area contributed by atoms with Crippen molar-refractivity contribution in [3.63, 3.8) is 0 Å². The first-order chi connectivity index (χ1) is 4.52. The van der Waals surface area contributed by atoms with Gasteiger partial charge < -0.3 is 11.4 Å². The first-order valence-electron chi connectivity index (χ1n) is 1.53. The van der Waals surface area contributed by atoms with Crippen LogP contribution in [-0.2, 0) is 41.3 Å². The van der Waals surface area contributed by atoms with Gasteiger partial charge >= 0.3 is 156 Å². The Hall–Kier alpha value is 4.34. The Kier molecular flexibility index (Phi) is 43.6. The molecule has 2 atom stereocenters. The van der Waals surface area contributed by atoms with Gasteiger partial charge in [-0.2, -0.15) is 12.6 Å². The molecule has 14 heteroatoms. The minimum absolute atomic E-state index is 0. The van der Waals surface area contributed by atoms with Gasteiger partial charge in [-0.15, -0.1) is 7.26 Å². The van der Waals surface area contributed by atoms with Gasteiger partial charge in [0, 0.05) is 0 Å². The zero-order chi connectivity index (χ0) is 8.15. The van der Waals surface area contributed by atoms with Crippen LogP contribution in [0.15, 0.2) is 0 Å². The van der Waals surface area contributed by atoms with Crippen LogP contribution >= 0.6 is 0 Å². The minimum atomic E-state index is -2.78. The summed E-state index contributed by atoms with van der Waals surface area (Å²) in [4.78, 5) is 0. The molecular weight excluding hydrogens is 337 g/mol. The smallest absolute Gasteiger partial charge is 1.00 e. The van der Waals surface area contributed by atoms with Crippen molar-refractivity contribution < 1.29 is 40.4 Å². The molecule has 0 aromatic heterocycles. The summed E-state index contributed by atoms with van der Waals surface area (Å²) in [5, 5.41) is 0. The summed E-state index contributed by atoms with van der Waals surface area (Å²) in [5.41, 5.74) is 0. The number of rotatable bonds is 4. The van der Waals surface area contributed by atoms with Crippen molar-refractivity contribution in [3.8, 4) is 0 Å². The van der Waals surface area contributed by atoms with Crippen molar-refractivity contribution in [1.82, 2.24) is 0 Å². The Morgan fingerprint density at radius 3 is 1.21 bits per heavy atom. The molecule has 2 unspecified atom stereocenters. The molecule has 0 rings (SSSR count). The van der Waals surface area contributed by atoms with Crippen LogP contribution in [0, 0.1) is 0 Å². The molecule has 78 valence electrons. The average molecular weight is 347 g/mol. The number of hydrogen-bond donors (Lipinski definition) is 2. The van der Waals surface area contributed by atoms with Gasteiger partial charge in [0.25, 0.3) is 0 Å². The van der Waals surface area contributed by atoms with Crippen molar-refractivity contribution in [2.45, 2.75) is 0 Å². The van der Waals surface area contributed by atoms with Gasteiger partial charge in [0.15, 0.2) is 0 Å². The summed E-state index contributed by atoms with van der Waals surface area (Å²) >= 11 is -8.25. The standard InChI is InChI=1S/2Ca.2Mg.H2O7S3.8H/c;;;;1-8(2)6-10(5)7-9(3)4;;;;;;;;/h;;;;(H,1,2)(H,3,4);;;;;;;;/q4*+2;;8*-1. The maximum Gasteiger partial charge on any atom is 2.00 e. The summed E-state index contributed by atoms with van der Waals surface area (Å²) in [7, 11) is 0. The zero-order valence-electron chi connectivity index (χ0n) is 15.0. The molecule has 14 heavy (non-hydrogen) atoms. The van der Waals surface area contributed by atoms with E-state index in [2.05, 4.69) is 7.26 Å². The van der Waals surface area contributed by atoms with E-state index in [0.29, 0.717) is 0 Å². The Balaban J connectivity index is -0.00000000614. The van der Waals surface area contributed by atoms with E-state index >= 15 is 0 Å². The predicted molar refractivity (Wildman–Crippen MR) is 63.8 cm³/mol. The topological polar surface area (TPSA) is 110 Å². The van der Waals surface area contributed by atoms with Crippen LogP contribution in [-0.4, -0.2) is 143 Å². The van der Waals surface area contributed by atoms with E-state index in [1.54, 1.807) is 0 Å². The molecule has 0 aromatic carbocycles. The van der Waals surface area contributed by atoms with Crippen LogP contribution in [0.1, 0.15) is 11.4 Å². The molecular formula is H10Ca2Mg2O7S3. The van der Waals surface area contributed by atoms with Crippen molar-refractivity contribution in [3.05, 3.63) is 0 Å². The first kappa shape index (κ1) is 31.0. The van der Waals surface area contributed by atoms with E-state index in [9.17, 15) is 12.6 Å². The van der Waals surface area contributed by atoms with Gasteiger partial charge in [0.1, 0.15) is 0 Å². The van der Waals surface area contributed by atoms with Crippen LogP contribution in [0.2, 0.25) is 0 Å². The largest absolute Gasteiger partial charge is 2.00 e. The fourth-order valence-electron chi connectivity index (χ4n) is 0.106. The summed E-state index contributed by atoms with van der Waals surface area (Å²) in [6, 6.07) is 0. The molecule has 0 radical (unpaired) electrons. The van der Waals surface area contributed by atoms with Crippen LogP contribution in [0.25, 0.3) is 0 Å². The normalized spacial score (nSPS) is 14.1. The summed E-state index contributed by atoms with van der Waals surface area (Å²) < 4.78 is 51.9. The molecule has 0 spiro atoms. The molecule has 0 aromatic rings. The monoisotopic (exact) mass is 346 g/mol. The maximum absolute atomic E-state index is 10.0. The van der Waals surface area contributed by atoms with Crippen molar-refractivity contribution in [1.29, 1.82) is 0 Å². The first-order valence-corrected chi connectivity index (χ1v) is 4.60. The van der Waals surface area contributed by atoms with Crippen LogP contribution in [0.5, 0.6) is 0 Å². The van der Waals surface area contributed by atoms with E-state index in [1.165, 1.54) is 0 Å². The Labute approximate surface area is 192 Å². The second-order valence-electron chi connectivity index (χ2n) is 0.774. The van der Waals surface area contributed by atoms with Gasteiger partial charge in [-0.25, -0.2) is 0 Å². The van der Waals surface area contributed by atoms with Crippen molar-refractivity contribution in [2.24, 2.45) is 0 Å². The average Bonchev–Trinajstić information content (AvgIpc) is 1.58. The van der Waals surface area contributed by atoms with Gasteiger partial charge in [0.05, 0.1) is 0 Å². The van der Waals surface area contributed by atoms with Gasteiger partial charge in [-0.3, -0.25) is 9.11 Å².